The molecular weight excluding hydrogens is 653 g/mol. The molecule has 0 heterocycles. The van der Waals surface area contributed by atoms with Crippen LogP contribution in [-0.4, -0.2) is 74.9 Å². The summed E-state index contributed by atoms with van der Waals surface area (Å²) in [4.78, 5) is 35.2. The third-order valence-electron chi connectivity index (χ3n) is 8.80. The Morgan fingerprint density at radius 2 is 1.02 bits per heavy atom. The van der Waals surface area contributed by atoms with Crippen molar-refractivity contribution in [1.82, 2.24) is 0 Å². The molecule has 0 amide bonds. The molecular formula is C40H79NO8P+. The molecule has 0 fully saturated rings. The van der Waals surface area contributed by atoms with Gasteiger partial charge in [0.1, 0.15) is 19.8 Å². The summed E-state index contributed by atoms with van der Waals surface area (Å²) in [6.45, 7) is 4.39. The molecule has 0 spiro atoms. The quantitative estimate of drug-likeness (QED) is 0.0221. The monoisotopic (exact) mass is 733 g/mol. The number of phosphoric ester groups is 1. The first-order valence-electron chi connectivity index (χ1n) is 20.4. The van der Waals surface area contributed by atoms with Crippen LogP contribution in [0, 0.1) is 0 Å². The second-order valence-corrected chi connectivity index (χ2v) is 16.5. The summed E-state index contributed by atoms with van der Waals surface area (Å²) in [5.74, 6) is -0.803. The molecule has 9 nitrogen and oxygen atoms in total. The van der Waals surface area contributed by atoms with E-state index in [1.54, 1.807) is 0 Å². The molecule has 0 aliphatic rings. The fourth-order valence-electron chi connectivity index (χ4n) is 5.54. The van der Waals surface area contributed by atoms with Crippen LogP contribution >= 0.6 is 7.82 Å². The molecule has 1 N–H and O–H groups in total. The Hall–Kier alpha value is -1.25. The smallest absolute Gasteiger partial charge is 0.462 e. The van der Waals surface area contributed by atoms with Crippen LogP contribution in [0.4, 0.5) is 0 Å². The molecule has 1 unspecified atom stereocenters. The van der Waals surface area contributed by atoms with Crippen molar-refractivity contribution in [3.8, 4) is 0 Å². The number of carbonyl (C=O) groups is 2. The molecule has 50 heavy (non-hydrogen) atoms. The Kier molecular flexibility index (Phi) is 32.7. The normalized spacial score (nSPS) is 13.8. The van der Waals surface area contributed by atoms with Gasteiger partial charge in [0, 0.05) is 12.8 Å². The van der Waals surface area contributed by atoms with Gasteiger partial charge in [-0.2, -0.15) is 0 Å². The maximum atomic E-state index is 12.6. The van der Waals surface area contributed by atoms with E-state index in [9.17, 15) is 19.0 Å². The first kappa shape index (κ1) is 48.8. The van der Waals surface area contributed by atoms with Crippen LogP contribution < -0.4 is 0 Å². The number of rotatable bonds is 37. The first-order chi connectivity index (χ1) is 24.0. The molecule has 0 aliphatic heterocycles. The van der Waals surface area contributed by atoms with E-state index in [1.807, 2.05) is 21.1 Å². The maximum absolute atomic E-state index is 12.6. The molecule has 0 aliphatic carbocycles. The van der Waals surface area contributed by atoms with Crippen molar-refractivity contribution in [2.24, 2.45) is 0 Å². The topological polar surface area (TPSA) is 108 Å². The Balaban J connectivity index is 4.39. The second kappa shape index (κ2) is 33.6. The Morgan fingerprint density at radius 1 is 0.600 bits per heavy atom. The highest BCUT2D eigenvalue weighted by molar-refractivity contribution is 7.47. The van der Waals surface area contributed by atoms with Gasteiger partial charge in [-0.1, -0.05) is 142 Å². The maximum Gasteiger partial charge on any atom is 0.472 e. The highest BCUT2D eigenvalue weighted by Crippen LogP contribution is 2.43. The molecule has 0 rings (SSSR count). The molecule has 0 aromatic heterocycles. The molecule has 2 atom stereocenters. The minimum absolute atomic E-state index is 0.0329. The van der Waals surface area contributed by atoms with Gasteiger partial charge in [0.25, 0.3) is 0 Å². The number of carbonyl (C=O) groups excluding carboxylic acids is 2. The van der Waals surface area contributed by atoms with Crippen LogP contribution in [-0.2, 0) is 32.7 Å². The number of nitrogens with zero attached hydrogens (tertiary/aromatic N) is 1. The molecule has 0 aromatic carbocycles. The minimum atomic E-state index is -4.36. The molecule has 0 bridgehead atoms. The molecule has 296 valence electrons. The zero-order valence-corrected chi connectivity index (χ0v) is 34.0. The van der Waals surface area contributed by atoms with Gasteiger partial charge in [0.2, 0.25) is 0 Å². The summed E-state index contributed by atoms with van der Waals surface area (Å²) in [5.41, 5.74) is 0. The van der Waals surface area contributed by atoms with Crippen molar-refractivity contribution in [3.63, 3.8) is 0 Å². The number of ether oxygens (including phenoxy) is 2. The van der Waals surface area contributed by atoms with Gasteiger partial charge in [-0.05, 0) is 38.5 Å². The van der Waals surface area contributed by atoms with Gasteiger partial charge in [-0.25, -0.2) is 4.57 Å². The van der Waals surface area contributed by atoms with E-state index in [1.165, 1.54) is 96.3 Å². The average molecular weight is 733 g/mol. The number of phosphoric acid groups is 1. The van der Waals surface area contributed by atoms with Crippen molar-refractivity contribution in [3.05, 3.63) is 12.2 Å². The van der Waals surface area contributed by atoms with Crippen molar-refractivity contribution >= 4 is 19.8 Å². The third-order valence-corrected chi connectivity index (χ3v) is 9.78. The molecule has 0 saturated carbocycles. The number of hydrogen-bond acceptors (Lipinski definition) is 7. The first-order valence-corrected chi connectivity index (χ1v) is 21.9. The van der Waals surface area contributed by atoms with E-state index < -0.39 is 26.5 Å². The number of esters is 2. The van der Waals surface area contributed by atoms with Crippen molar-refractivity contribution < 1.29 is 42.1 Å². The van der Waals surface area contributed by atoms with Gasteiger partial charge in [-0.3, -0.25) is 18.6 Å². The summed E-state index contributed by atoms with van der Waals surface area (Å²) >= 11 is 0. The lowest BCUT2D eigenvalue weighted by Gasteiger charge is -2.24. The summed E-state index contributed by atoms with van der Waals surface area (Å²) < 4.78 is 34.2. The minimum Gasteiger partial charge on any atom is -0.462 e. The zero-order valence-electron chi connectivity index (χ0n) is 33.1. The van der Waals surface area contributed by atoms with Gasteiger partial charge in [-0.15, -0.1) is 0 Å². The SMILES string of the molecule is CCCCC/C=C\CCCCCCCC(=O)O[C@H](COC(=O)CCCCCCCCCCCCCCCC)COP(=O)(O)OCC[N+](C)(C)C. The van der Waals surface area contributed by atoms with E-state index in [0.29, 0.717) is 23.9 Å². The van der Waals surface area contributed by atoms with Crippen LogP contribution in [0.5, 0.6) is 0 Å². The predicted octanol–water partition coefficient (Wildman–Crippen LogP) is 11.0. The van der Waals surface area contributed by atoms with E-state index >= 15 is 0 Å². The molecule has 0 saturated heterocycles. The highest BCUT2D eigenvalue weighted by atomic mass is 31.2. The standard InChI is InChI=1S/C40H78NO8P/c1-6-8-10-12-14-16-18-20-21-23-24-26-28-30-32-39(42)46-36-38(37-48-50(44,45)47-35-34-41(3,4)5)49-40(43)33-31-29-27-25-22-19-17-15-13-11-9-7-2/h15,17,38H,6-14,16,18-37H2,1-5H3/p+1/b17-15-/t38-/m1/s1. The predicted molar refractivity (Wildman–Crippen MR) is 206 cm³/mol. The lowest BCUT2D eigenvalue weighted by Crippen LogP contribution is -2.37. The van der Waals surface area contributed by atoms with E-state index in [4.69, 9.17) is 18.5 Å². The number of unbranched alkanes of at least 4 members (excludes halogenated alkanes) is 21. The lowest BCUT2D eigenvalue weighted by molar-refractivity contribution is -0.870. The van der Waals surface area contributed by atoms with Crippen molar-refractivity contribution in [1.29, 1.82) is 0 Å². The van der Waals surface area contributed by atoms with Crippen LogP contribution in [0.15, 0.2) is 12.2 Å². The van der Waals surface area contributed by atoms with E-state index in [2.05, 4.69) is 26.0 Å². The van der Waals surface area contributed by atoms with E-state index in [0.717, 1.165) is 51.4 Å². The van der Waals surface area contributed by atoms with Gasteiger partial charge in [0.15, 0.2) is 6.10 Å². The third kappa shape index (κ3) is 36.5. The van der Waals surface area contributed by atoms with Gasteiger partial charge >= 0.3 is 19.8 Å². The molecule has 10 heteroatoms. The average Bonchev–Trinajstić information content (AvgIpc) is 3.06. The summed E-state index contributed by atoms with van der Waals surface area (Å²) in [7, 11) is 1.48. The van der Waals surface area contributed by atoms with Crippen LogP contribution in [0.1, 0.15) is 181 Å². The van der Waals surface area contributed by atoms with Crippen LogP contribution in [0.3, 0.4) is 0 Å². The highest BCUT2D eigenvalue weighted by Gasteiger charge is 2.27. The Morgan fingerprint density at radius 3 is 1.52 bits per heavy atom. The largest absolute Gasteiger partial charge is 0.472 e. The summed E-state index contributed by atoms with van der Waals surface area (Å²) in [6.07, 6.45) is 32.5. The number of quaternary nitrogens is 1. The zero-order chi connectivity index (χ0) is 37.2. The fourth-order valence-corrected chi connectivity index (χ4v) is 6.28. The lowest BCUT2D eigenvalue weighted by atomic mass is 10.0. The fraction of sp³-hybridized carbons (Fsp3) is 0.900. The molecule has 0 aromatic rings. The molecule has 0 radical (unpaired) electrons. The van der Waals surface area contributed by atoms with E-state index in [-0.39, 0.29) is 25.6 Å². The Bertz CT molecular complexity index is 876. The Labute approximate surface area is 307 Å². The van der Waals surface area contributed by atoms with Crippen LogP contribution in [0.25, 0.3) is 0 Å². The van der Waals surface area contributed by atoms with Gasteiger partial charge in [0.05, 0.1) is 27.7 Å². The number of allylic oxidation sites excluding steroid dienone is 2. The van der Waals surface area contributed by atoms with Crippen molar-refractivity contribution in [2.75, 3.05) is 47.5 Å². The number of likely N-dealkylation sites (N-methyl/N-ethyl adjacent to an activating group) is 1. The van der Waals surface area contributed by atoms with Crippen molar-refractivity contribution in [2.45, 2.75) is 187 Å². The second-order valence-electron chi connectivity index (χ2n) is 15.0. The van der Waals surface area contributed by atoms with Gasteiger partial charge < -0.3 is 18.9 Å². The summed E-state index contributed by atoms with van der Waals surface area (Å²) in [6, 6.07) is 0. The van der Waals surface area contributed by atoms with Crippen LogP contribution in [0.2, 0.25) is 0 Å². The summed E-state index contributed by atoms with van der Waals surface area (Å²) in [5, 5.41) is 0. The number of hydrogen-bond donors (Lipinski definition) is 1.